The van der Waals surface area contributed by atoms with Gasteiger partial charge in [-0.15, -0.1) is 0 Å². The second-order valence-electron chi connectivity index (χ2n) is 7.12. The number of carbonyl (C=O) groups is 2. The van der Waals surface area contributed by atoms with Crippen LogP contribution in [0.15, 0.2) is 45.7 Å². The molecule has 2 fully saturated rings. The number of thiocarbonyl (C=S) groups is 1. The second kappa shape index (κ2) is 8.34. The van der Waals surface area contributed by atoms with Crippen molar-refractivity contribution in [3.63, 3.8) is 0 Å². The monoisotopic (exact) mass is 447 g/mol. The zero-order valence-corrected chi connectivity index (χ0v) is 17.7. The Bertz CT molecular complexity index is 998. The van der Waals surface area contributed by atoms with Crippen LogP contribution < -0.4 is 0 Å². The second-order valence-corrected chi connectivity index (χ2v) is 9.23. The van der Waals surface area contributed by atoms with E-state index in [2.05, 4.69) is 0 Å². The first-order valence-corrected chi connectivity index (χ1v) is 10.9. The van der Waals surface area contributed by atoms with Gasteiger partial charge < -0.3 is 9.52 Å². The third kappa shape index (κ3) is 4.27. The number of halogens is 1. The zero-order chi connectivity index (χ0) is 20.5. The average Bonchev–Trinajstić information content (AvgIpc) is 3.27. The molecule has 8 heteroatoms. The SMILES string of the molecule is O=C(O)C1CCCC(N2C(=O)/C(=C\c3ccc(-c4ccc(Cl)cc4)o3)SC2=S)C1. The van der Waals surface area contributed by atoms with E-state index in [4.69, 9.17) is 28.2 Å². The number of carbonyl (C=O) groups excluding carboxylic acids is 1. The maximum Gasteiger partial charge on any atom is 0.306 e. The van der Waals surface area contributed by atoms with Gasteiger partial charge in [-0.2, -0.15) is 0 Å². The van der Waals surface area contributed by atoms with Crippen LogP contribution in [0.5, 0.6) is 0 Å². The van der Waals surface area contributed by atoms with Crippen molar-refractivity contribution in [3.8, 4) is 11.3 Å². The summed E-state index contributed by atoms with van der Waals surface area (Å²) in [6.07, 6.45) is 4.33. The van der Waals surface area contributed by atoms with Crippen molar-refractivity contribution in [1.82, 2.24) is 4.90 Å². The summed E-state index contributed by atoms with van der Waals surface area (Å²) in [5.41, 5.74) is 0.892. The summed E-state index contributed by atoms with van der Waals surface area (Å²) in [4.78, 5) is 26.4. The van der Waals surface area contributed by atoms with Crippen LogP contribution in [0.2, 0.25) is 5.02 Å². The molecular formula is C21H18ClNO4S2. The molecule has 0 bridgehead atoms. The first kappa shape index (κ1) is 20.2. The molecule has 0 radical (unpaired) electrons. The minimum Gasteiger partial charge on any atom is -0.481 e. The van der Waals surface area contributed by atoms with Gasteiger partial charge in [0.2, 0.25) is 0 Å². The smallest absolute Gasteiger partial charge is 0.306 e. The summed E-state index contributed by atoms with van der Waals surface area (Å²) in [6, 6.07) is 10.8. The van der Waals surface area contributed by atoms with Crippen molar-refractivity contribution in [2.24, 2.45) is 5.92 Å². The lowest BCUT2D eigenvalue weighted by atomic mass is 9.85. The van der Waals surface area contributed by atoms with E-state index in [9.17, 15) is 14.7 Å². The van der Waals surface area contributed by atoms with E-state index in [1.54, 1.807) is 29.2 Å². The van der Waals surface area contributed by atoms with Crippen molar-refractivity contribution in [2.75, 3.05) is 0 Å². The molecular weight excluding hydrogens is 430 g/mol. The molecule has 1 aliphatic heterocycles. The number of thioether (sulfide) groups is 1. The predicted molar refractivity (Wildman–Crippen MR) is 118 cm³/mol. The summed E-state index contributed by atoms with van der Waals surface area (Å²) >= 11 is 12.6. The summed E-state index contributed by atoms with van der Waals surface area (Å²) in [7, 11) is 0. The molecule has 2 heterocycles. The van der Waals surface area contributed by atoms with Gasteiger partial charge >= 0.3 is 5.97 Å². The number of rotatable bonds is 4. The van der Waals surface area contributed by atoms with Crippen molar-refractivity contribution in [3.05, 3.63) is 52.1 Å². The van der Waals surface area contributed by atoms with E-state index in [-0.39, 0.29) is 11.9 Å². The molecule has 1 saturated carbocycles. The van der Waals surface area contributed by atoms with Crippen molar-refractivity contribution < 1.29 is 19.1 Å². The van der Waals surface area contributed by atoms with Gasteiger partial charge in [-0.3, -0.25) is 14.5 Å². The lowest BCUT2D eigenvalue weighted by molar-refractivity contribution is -0.144. The fourth-order valence-corrected chi connectivity index (χ4v) is 5.25. The zero-order valence-electron chi connectivity index (χ0n) is 15.3. The van der Waals surface area contributed by atoms with E-state index < -0.39 is 11.9 Å². The van der Waals surface area contributed by atoms with Gasteiger partial charge in [0.05, 0.1) is 10.8 Å². The van der Waals surface area contributed by atoms with Gasteiger partial charge in [-0.05, 0) is 55.7 Å². The number of nitrogens with zero attached hydrogens (tertiary/aromatic N) is 1. The fourth-order valence-electron chi connectivity index (χ4n) is 3.75. The molecule has 150 valence electrons. The third-order valence-electron chi connectivity index (χ3n) is 5.21. The first-order valence-electron chi connectivity index (χ1n) is 9.28. The van der Waals surface area contributed by atoms with Crippen LogP contribution in [0, 0.1) is 5.92 Å². The molecule has 2 unspecified atom stereocenters. The molecule has 1 saturated heterocycles. The largest absolute Gasteiger partial charge is 0.481 e. The number of furan rings is 1. The molecule has 2 aliphatic rings. The maximum absolute atomic E-state index is 13.0. The number of aliphatic carboxylic acids is 1. The molecule has 4 rings (SSSR count). The van der Waals surface area contributed by atoms with E-state index in [0.29, 0.717) is 38.6 Å². The molecule has 2 aromatic rings. The summed E-state index contributed by atoms with van der Waals surface area (Å²) in [6.45, 7) is 0. The number of amides is 1. The van der Waals surface area contributed by atoms with Gasteiger partial charge in [0.15, 0.2) is 0 Å². The highest BCUT2D eigenvalue weighted by Crippen LogP contribution is 2.39. The van der Waals surface area contributed by atoms with Gasteiger partial charge in [-0.25, -0.2) is 0 Å². The Morgan fingerprint density at radius 1 is 1.24 bits per heavy atom. The molecule has 1 N–H and O–H groups in total. The van der Waals surface area contributed by atoms with Crippen LogP contribution in [-0.4, -0.2) is 32.2 Å². The molecule has 1 aromatic carbocycles. The first-order chi connectivity index (χ1) is 13.9. The van der Waals surface area contributed by atoms with E-state index in [1.165, 1.54) is 11.8 Å². The van der Waals surface area contributed by atoms with Crippen molar-refractivity contribution in [2.45, 2.75) is 31.7 Å². The van der Waals surface area contributed by atoms with Crippen LogP contribution in [0.4, 0.5) is 0 Å². The Labute approximate surface area is 182 Å². The van der Waals surface area contributed by atoms with E-state index >= 15 is 0 Å². The molecule has 29 heavy (non-hydrogen) atoms. The minimum atomic E-state index is -0.805. The normalized spacial score (nSPS) is 23.8. The Morgan fingerprint density at radius 3 is 2.72 bits per heavy atom. The number of carboxylic acids is 1. The van der Waals surface area contributed by atoms with Crippen molar-refractivity contribution in [1.29, 1.82) is 0 Å². The van der Waals surface area contributed by atoms with Gasteiger partial charge in [0.1, 0.15) is 15.8 Å². The predicted octanol–water partition coefficient (Wildman–Crippen LogP) is 5.44. The Morgan fingerprint density at radius 2 is 2.00 bits per heavy atom. The standard InChI is InChI=1S/C21H18ClNO4S2/c22-14-6-4-12(5-7-14)17-9-8-16(27-17)11-18-19(24)23(21(28)29-18)15-3-1-2-13(10-15)20(25)26/h4-9,11,13,15H,1-3,10H2,(H,25,26)/b18-11+. The number of hydrogen-bond donors (Lipinski definition) is 1. The van der Waals surface area contributed by atoms with Gasteiger partial charge in [0, 0.05) is 22.7 Å². The van der Waals surface area contributed by atoms with Gasteiger partial charge in [0.25, 0.3) is 5.91 Å². The fraction of sp³-hybridized carbons (Fsp3) is 0.286. The average molecular weight is 448 g/mol. The van der Waals surface area contributed by atoms with Crippen LogP contribution in [-0.2, 0) is 9.59 Å². The van der Waals surface area contributed by atoms with Crippen LogP contribution in [0.25, 0.3) is 17.4 Å². The molecule has 2 atom stereocenters. The Balaban J connectivity index is 1.52. The highest BCUT2D eigenvalue weighted by Gasteiger charge is 2.40. The molecule has 1 aromatic heterocycles. The van der Waals surface area contributed by atoms with Gasteiger partial charge in [-0.1, -0.05) is 42.0 Å². The molecule has 5 nitrogen and oxygen atoms in total. The lowest BCUT2D eigenvalue weighted by Gasteiger charge is -2.32. The van der Waals surface area contributed by atoms with Crippen molar-refractivity contribution >= 4 is 57.9 Å². The quantitative estimate of drug-likeness (QED) is 0.496. The van der Waals surface area contributed by atoms with E-state index in [0.717, 1.165) is 18.4 Å². The van der Waals surface area contributed by atoms with Crippen LogP contribution in [0.3, 0.4) is 0 Å². The third-order valence-corrected chi connectivity index (χ3v) is 6.80. The minimum absolute atomic E-state index is 0.163. The molecule has 1 amide bonds. The van der Waals surface area contributed by atoms with Crippen LogP contribution >= 0.6 is 35.6 Å². The highest BCUT2D eigenvalue weighted by molar-refractivity contribution is 8.26. The summed E-state index contributed by atoms with van der Waals surface area (Å²) in [5, 5.41) is 9.97. The summed E-state index contributed by atoms with van der Waals surface area (Å²) < 4.78 is 6.33. The van der Waals surface area contributed by atoms with E-state index in [1.807, 2.05) is 18.2 Å². The highest BCUT2D eigenvalue weighted by atomic mass is 35.5. The molecule has 1 aliphatic carbocycles. The summed E-state index contributed by atoms with van der Waals surface area (Å²) in [5.74, 6) is -0.168. The maximum atomic E-state index is 13.0. The topological polar surface area (TPSA) is 70.8 Å². The number of hydrogen-bond acceptors (Lipinski definition) is 5. The Kier molecular flexibility index (Phi) is 5.81. The Hall–Kier alpha value is -2.09. The number of carboxylic acid groups (broad SMARTS) is 1. The number of benzene rings is 1. The van der Waals surface area contributed by atoms with Crippen LogP contribution in [0.1, 0.15) is 31.4 Å². The lowest BCUT2D eigenvalue weighted by Crippen LogP contribution is -2.42. The molecule has 0 spiro atoms.